The molecule has 0 spiro atoms. The Labute approximate surface area is 207 Å². The van der Waals surface area contributed by atoms with Gasteiger partial charge in [0.25, 0.3) is 11.8 Å². The Morgan fingerprint density at radius 3 is 2.31 bits per heavy atom. The summed E-state index contributed by atoms with van der Waals surface area (Å²) in [5.74, 6) is -2.18. The summed E-state index contributed by atoms with van der Waals surface area (Å²) in [5.41, 5.74) is 0.824. The van der Waals surface area contributed by atoms with Crippen LogP contribution in [-0.2, 0) is 23.9 Å². The van der Waals surface area contributed by atoms with Crippen molar-refractivity contribution < 1.29 is 33.5 Å². The van der Waals surface area contributed by atoms with Gasteiger partial charge in [-0.2, -0.15) is 0 Å². The highest BCUT2D eigenvalue weighted by atomic mass is 16.5. The van der Waals surface area contributed by atoms with Crippen LogP contribution < -0.4 is 20.4 Å². The summed E-state index contributed by atoms with van der Waals surface area (Å²) in [6, 6.07) is 12.3. The Kier molecular flexibility index (Phi) is 8.50. The molecule has 2 atom stereocenters. The molecule has 11 nitrogen and oxygen atoms in total. The van der Waals surface area contributed by atoms with Gasteiger partial charge in [-0.05, 0) is 31.2 Å². The lowest BCUT2D eigenvalue weighted by molar-refractivity contribution is -0.126. The van der Waals surface area contributed by atoms with E-state index in [4.69, 9.17) is 4.74 Å². The van der Waals surface area contributed by atoms with Gasteiger partial charge in [-0.15, -0.1) is 0 Å². The highest BCUT2D eigenvalue weighted by molar-refractivity contribution is 6.10. The number of amides is 4. The van der Waals surface area contributed by atoms with Gasteiger partial charge in [-0.25, -0.2) is 4.79 Å². The highest BCUT2D eigenvalue weighted by Gasteiger charge is 2.38. The number of ether oxygens (including phenoxy) is 1. The predicted molar refractivity (Wildman–Crippen MR) is 130 cm³/mol. The minimum absolute atomic E-state index is 0.189. The molecule has 1 aliphatic rings. The molecule has 3 rings (SSSR count). The first kappa shape index (κ1) is 26.1. The van der Waals surface area contributed by atoms with Crippen LogP contribution >= 0.6 is 0 Å². The van der Waals surface area contributed by atoms with E-state index in [2.05, 4.69) is 10.6 Å². The van der Waals surface area contributed by atoms with Crippen LogP contribution in [0.15, 0.2) is 54.6 Å². The van der Waals surface area contributed by atoms with Gasteiger partial charge in [0, 0.05) is 12.0 Å². The van der Waals surface area contributed by atoms with Crippen LogP contribution in [0.3, 0.4) is 0 Å². The molecule has 0 aromatic heterocycles. The van der Waals surface area contributed by atoms with Crippen LogP contribution in [0, 0.1) is 0 Å². The average Bonchev–Trinajstić information content (AvgIpc) is 2.98. The van der Waals surface area contributed by atoms with E-state index in [9.17, 15) is 28.8 Å². The Morgan fingerprint density at radius 1 is 1.06 bits per heavy atom. The monoisotopic (exact) mass is 494 g/mol. The molecule has 1 aliphatic heterocycles. The third-order valence-electron chi connectivity index (χ3n) is 5.45. The lowest BCUT2D eigenvalue weighted by Gasteiger charge is -2.25. The van der Waals surface area contributed by atoms with Crippen molar-refractivity contribution in [3.05, 3.63) is 60.2 Å². The van der Waals surface area contributed by atoms with Crippen LogP contribution in [0.2, 0.25) is 0 Å². The minimum atomic E-state index is -1.23. The van der Waals surface area contributed by atoms with Crippen molar-refractivity contribution in [2.45, 2.75) is 25.4 Å². The molecule has 0 unspecified atom stereocenters. The number of aldehydes is 1. The molecular formula is C25H26N4O7. The number of Topliss-reactive ketones (excluding diaryl/α,β-unsaturated/α-hetero) is 1. The van der Waals surface area contributed by atoms with E-state index in [0.29, 0.717) is 11.8 Å². The van der Waals surface area contributed by atoms with E-state index in [1.807, 2.05) is 0 Å². The number of fused-ring (bicyclic) bond motifs is 1. The topological polar surface area (TPSA) is 142 Å². The molecular weight excluding hydrogens is 468 g/mol. The second kappa shape index (κ2) is 11.7. The zero-order chi connectivity index (χ0) is 26.2. The van der Waals surface area contributed by atoms with Crippen molar-refractivity contribution in [1.29, 1.82) is 0 Å². The molecule has 0 aliphatic carbocycles. The second-order valence-electron chi connectivity index (χ2n) is 8.10. The molecule has 0 bridgehead atoms. The van der Waals surface area contributed by atoms with Gasteiger partial charge in [-0.3, -0.25) is 29.0 Å². The van der Waals surface area contributed by atoms with E-state index >= 15 is 0 Å². The standard InChI is InChI=1S/C25H26N4O7/c1-16(31)12-18(15-30)26-22(32)14-28-20-10-6-7-11-21(20)29(25(35)36-2)13-19(24(28)34)27-23(33)17-8-4-3-5-9-17/h3-11,15,18-19H,12-14H2,1-2H3,(H,26,32)(H,27,33)/t18-,19-/m0/s1. The van der Waals surface area contributed by atoms with E-state index < -0.39 is 42.4 Å². The number of hydrogen-bond acceptors (Lipinski definition) is 7. The molecule has 11 heteroatoms. The first-order chi connectivity index (χ1) is 17.2. The average molecular weight is 495 g/mol. The molecule has 0 radical (unpaired) electrons. The first-order valence-corrected chi connectivity index (χ1v) is 11.1. The van der Waals surface area contributed by atoms with Gasteiger partial charge in [0.2, 0.25) is 5.91 Å². The number of methoxy groups -OCH3 is 1. The van der Waals surface area contributed by atoms with Gasteiger partial charge in [0.05, 0.1) is 31.1 Å². The Morgan fingerprint density at radius 2 is 1.69 bits per heavy atom. The molecule has 188 valence electrons. The Balaban J connectivity index is 1.96. The zero-order valence-corrected chi connectivity index (χ0v) is 19.8. The van der Waals surface area contributed by atoms with Crippen LogP contribution in [-0.4, -0.2) is 68.2 Å². The molecule has 4 amide bonds. The maximum Gasteiger partial charge on any atom is 0.414 e. The lowest BCUT2D eigenvalue weighted by atomic mass is 10.1. The lowest BCUT2D eigenvalue weighted by Crippen LogP contribution is -2.54. The maximum absolute atomic E-state index is 13.6. The van der Waals surface area contributed by atoms with Gasteiger partial charge < -0.3 is 20.2 Å². The largest absolute Gasteiger partial charge is 0.452 e. The number of hydrogen-bond donors (Lipinski definition) is 2. The summed E-state index contributed by atoms with van der Waals surface area (Å²) < 4.78 is 4.89. The number of benzene rings is 2. The minimum Gasteiger partial charge on any atom is -0.452 e. The predicted octanol–water partition coefficient (Wildman–Crippen LogP) is 1.07. The fourth-order valence-corrected chi connectivity index (χ4v) is 3.81. The van der Waals surface area contributed by atoms with Crippen molar-refractivity contribution in [2.75, 3.05) is 30.0 Å². The van der Waals surface area contributed by atoms with Crippen LogP contribution in [0.1, 0.15) is 23.7 Å². The fraction of sp³-hybridized carbons (Fsp3) is 0.280. The van der Waals surface area contributed by atoms with E-state index in [-0.39, 0.29) is 30.1 Å². The van der Waals surface area contributed by atoms with Gasteiger partial charge in [0.1, 0.15) is 24.7 Å². The molecule has 2 aromatic rings. The Bertz CT molecular complexity index is 1170. The second-order valence-corrected chi connectivity index (χ2v) is 8.10. The normalized spacial score (nSPS) is 15.7. The smallest absolute Gasteiger partial charge is 0.414 e. The quantitative estimate of drug-likeness (QED) is 0.523. The number of nitrogens with one attached hydrogen (secondary N) is 2. The number of ketones is 1. The summed E-state index contributed by atoms with van der Waals surface area (Å²) in [4.78, 5) is 76.9. The van der Waals surface area contributed by atoms with E-state index in [1.54, 1.807) is 54.6 Å². The summed E-state index contributed by atoms with van der Waals surface area (Å²) in [6.45, 7) is 0.518. The molecule has 0 fully saturated rings. The summed E-state index contributed by atoms with van der Waals surface area (Å²) in [7, 11) is 1.19. The first-order valence-electron chi connectivity index (χ1n) is 11.1. The summed E-state index contributed by atoms with van der Waals surface area (Å²) >= 11 is 0. The van der Waals surface area contributed by atoms with Crippen LogP contribution in [0.5, 0.6) is 0 Å². The summed E-state index contributed by atoms with van der Waals surface area (Å²) in [6.07, 6.45) is -0.506. The number of carbonyl (C=O) groups is 6. The van der Waals surface area contributed by atoms with Crippen molar-refractivity contribution in [1.82, 2.24) is 10.6 Å². The number of rotatable bonds is 8. The van der Waals surface area contributed by atoms with Gasteiger partial charge in [-0.1, -0.05) is 30.3 Å². The van der Waals surface area contributed by atoms with Crippen LogP contribution in [0.25, 0.3) is 0 Å². The number of anilines is 2. The number of carbonyl (C=O) groups excluding carboxylic acids is 6. The number of nitrogens with zero attached hydrogens (tertiary/aromatic N) is 2. The van der Waals surface area contributed by atoms with Crippen LogP contribution in [0.4, 0.5) is 16.2 Å². The molecule has 2 aromatic carbocycles. The fourth-order valence-electron chi connectivity index (χ4n) is 3.81. The van der Waals surface area contributed by atoms with Crippen molar-refractivity contribution >= 4 is 47.3 Å². The third-order valence-corrected chi connectivity index (χ3v) is 5.45. The van der Waals surface area contributed by atoms with E-state index in [1.165, 1.54) is 18.9 Å². The maximum atomic E-state index is 13.6. The molecule has 1 heterocycles. The van der Waals surface area contributed by atoms with Gasteiger partial charge in [0.15, 0.2) is 0 Å². The molecule has 2 N–H and O–H groups in total. The Hall–Kier alpha value is -4.54. The third kappa shape index (κ3) is 6.12. The molecule has 0 saturated heterocycles. The molecule has 36 heavy (non-hydrogen) atoms. The highest BCUT2D eigenvalue weighted by Crippen LogP contribution is 2.33. The van der Waals surface area contributed by atoms with Gasteiger partial charge >= 0.3 is 6.09 Å². The van der Waals surface area contributed by atoms with Crippen molar-refractivity contribution in [2.24, 2.45) is 0 Å². The van der Waals surface area contributed by atoms with E-state index in [0.717, 1.165) is 4.90 Å². The van der Waals surface area contributed by atoms with Crippen molar-refractivity contribution in [3.8, 4) is 0 Å². The molecule has 0 saturated carbocycles. The van der Waals surface area contributed by atoms with Crippen molar-refractivity contribution in [3.63, 3.8) is 0 Å². The SMILES string of the molecule is COC(=O)N1C[C@H](NC(=O)c2ccccc2)C(=O)N(CC(=O)N[C@H](C=O)CC(C)=O)c2ccccc21. The zero-order valence-electron chi connectivity index (χ0n) is 19.8. The number of para-hydroxylation sites is 2. The summed E-state index contributed by atoms with van der Waals surface area (Å²) in [5, 5.41) is 5.07.